The monoisotopic (exact) mass is 174 g/mol. The Balaban J connectivity index is 2.13. The zero-order chi connectivity index (χ0) is 9.52. The van der Waals surface area contributed by atoms with E-state index in [2.05, 4.69) is 37.7 Å². The predicted octanol–water partition coefficient (Wildman–Crippen LogP) is 2.60. The standard InChI is InChI=1S/C12H16N/c1-11(2)13-10-6-9-12-7-4-3-5-8-12/h3-11,13H,1-2H3. The highest BCUT2D eigenvalue weighted by molar-refractivity contribution is 5.26. The van der Waals surface area contributed by atoms with Crippen molar-refractivity contribution in [1.82, 2.24) is 5.32 Å². The van der Waals surface area contributed by atoms with Crippen LogP contribution in [0.2, 0.25) is 0 Å². The lowest BCUT2D eigenvalue weighted by Crippen LogP contribution is -2.19. The van der Waals surface area contributed by atoms with Crippen LogP contribution in [0.1, 0.15) is 19.4 Å². The molecule has 1 N–H and O–H groups in total. The van der Waals surface area contributed by atoms with Gasteiger partial charge in [0.15, 0.2) is 0 Å². The Morgan fingerprint density at radius 2 is 1.85 bits per heavy atom. The molecule has 1 aromatic rings. The van der Waals surface area contributed by atoms with E-state index in [9.17, 15) is 0 Å². The summed E-state index contributed by atoms with van der Waals surface area (Å²) in [7, 11) is 0. The number of benzene rings is 1. The van der Waals surface area contributed by atoms with Gasteiger partial charge in [-0.2, -0.15) is 0 Å². The summed E-state index contributed by atoms with van der Waals surface area (Å²) in [5.41, 5.74) is 1.23. The molecule has 0 fully saturated rings. The lowest BCUT2D eigenvalue weighted by Gasteiger charge is -2.06. The zero-order valence-corrected chi connectivity index (χ0v) is 8.20. The molecule has 69 valence electrons. The van der Waals surface area contributed by atoms with Crippen molar-refractivity contribution in [2.75, 3.05) is 0 Å². The molecule has 13 heavy (non-hydrogen) atoms. The highest BCUT2D eigenvalue weighted by Crippen LogP contribution is 2.04. The molecule has 0 amide bonds. The van der Waals surface area contributed by atoms with Gasteiger partial charge in [0.2, 0.25) is 0 Å². The minimum Gasteiger partial charge on any atom is -0.310 e. The van der Waals surface area contributed by atoms with Crippen LogP contribution in [0.25, 0.3) is 0 Å². The number of nitrogens with one attached hydrogen (secondary N) is 1. The molecule has 0 heterocycles. The molecule has 0 atom stereocenters. The van der Waals surface area contributed by atoms with Crippen molar-refractivity contribution < 1.29 is 0 Å². The third-order valence-electron chi connectivity index (χ3n) is 1.61. The Morgan fingerprint density at radius 1 is 1.15 bits per heavy atom. The normalized spacial score (nSPS) is 10.7. The fourth-order valence-corrected chi connectivity index (χ4v) is 0.971. The van der Waals surface area contributed by atoms with Crippen LogP contribution in [0, 0.1) is 19.4 Å². The highest BCUT2D eigenvalue weighted by atomic mass is 14.9. The van der Waals surface area contributed by atoms with E-state index in [-0.39, 0.29) is 0 Å². The van der Waals surface area contributed by atoms with Crippen LogP contribution in [0.15, 0.2) is 30.3 Å². The number of rotatable bonds is 5. The van der Waals surface area contributed by atoms with Gasteiger partial charge >= 0.3 is 0 Å². The summed E-state index contributed by atoms with van der Waals surface area (Å²) >= 11 is 0. The SMILES string of the molecule is CC(C)N[CH][CH][CH]c1ccccc1. The molecule has 0 aliphatic rings. The number of hydrogen-bond donors (Lipinski definition) is 1. The second-order valence-corrected chi connectivity index (χ2v) is 3.26. The smallest absolute Gasteiger partial charge is 0.0264 e. The van der Waals surface area contributed by atoms with E-state index in [1.54, 1.807) is 0 Å². The third kappa shape index (κ3) is 4.69. The van der Waals surface area contributed by atoms with E-state index in [0.717, 1.165) is 0 Å². The minimum absolute atomic E-state index is 0.500. The molecule has 0 bridgehead atoms. The third-order valence-corrected chi connectivity index (χ3v) is 1.61. The summed E-state index contributed by atoms with van der Waals surface area (Å²) in [6, 6.07) is 10.8. The van der Waals surface area contributed by atoms with Crippen molar-refractivity contribution in [3.05, 3.63) is 55.3 Å². The first-order valence-electron chi connectivity index (χ1n) is 4.60. The molecule has 0 saturated carbocycles. The van der Waals surface area contributed by atoms with Gasteiger partial charge in [0.25, 0.3) is 0 Å². The molecule has 1 heteroatoms. The van der Waals surface area contributed by atoms with Gasteiger partial charge in [0.1, 0.15) is 0 Å². The Kier molecular flexibility index (Phi) is 4.55. The van der Waals surface area contributed by atoms with Crippen molar-refractivity contribution in [2.24, 2.45) is 0 Å². The van der Waals surface area contributed by atoms with Crippen LogP contribution >= 0.6 is 0 Å². The molecule has 1 aromatic carbocycles. The molecule has 1 nitrogen and oxygen atoms in total. The van der Waals surface area contributed by atoms with Gasteiger partial charge in [-0.25, -0.2) is 0 Å². The fourth-order valence-electron chi connectivity index (χ4n) is 0.971. The van der Waals surface area contributed by atoms with Crippen LogP contribution < -0.4 is 5.32 Å². The van der Waals surface area contributed by atoms with Crippen molar-refractivity contribution in [2.45, 2.75) is 19.9 Å². The molecule has 0 unspecified atom stereocenters. The first-order chi connectivity index (χ1) is 6.29. The van der Waals surface area contributed by atoms with Gasteiger partial charge < -0.3 is 5.32 Å². The molecule has 0 aliphatic carbocycles. The van der Waals surface area contributed by atoms with Crippen molar-refractivity contribution in [3.63, 3.8) is 0 Å². The summed E-state index contributed by atoms with van der Waals surface area (Å²) in [6.45, 7) is 6.21. The maximum absolute atomic E-state index is 3.20. The van der Waals surface area contributed by atoms with Gasteiger partial charge in [0.05, 0.1) is 0 Å². The summed E-state index contributed by atoms with van der Waals surface area (Å²) in [5, 5.41) is 3.20. The number of hydrogen-bond acceptors (Lipinski definition) is 1. The van der Waals surface area contributed by atoms with Crippen LogP contribution in [0.4, 0.5) is 0 Å². The van der Waals surface area contributed by atoms with Gasteiger partial charge in [-0.15, -0.1) is 0 Å². The first kappa shape index (κ1) is 10.3. The van der Waals surface area contributed by atoms with Gasteiger partial charge in [-0.05, 0) is 18.4 Å². The van der Waals surface area contributed by atoms with E-state index in [4.69, 9.17) is 0 Å². The minimum atomic E-state index is 0.500. The maximum Gasteiger partial charge on any atom is 0.0264 e. The van der Waals surface area contributed by atoms with E-state index in [1.165, 1.54) is 5.56 Å². The molecule has 0 spiro atoms. The van der Waals surface area contributed by atoms with Crippen LogP contribution in [0.3, 0.4) is 0 Å². The lowest BCUT2D eigenvalue weighted by atomic mass is 10.1. The average Bonchev–Trinajstić information content (AvgIpc) is 2.14. The first-order valence-corrected chi connectivity index (χ1v) is 4.60. The van der Waals surface area contributed by atoms with Crippen molar-refractivity contribution in [3.8, 4) is 0 Å². The summed E-state index contributed by atoms with van der Waals surface area (Å²) in [5.74, 6) is 0. The van der Waals surface area contributed by atoms with Crippen molar-refractivity contribution >= 4 is 0 Å². The average molecular weight is 174 g/mol. The fraction of sp³-hybridized carbons (Fsp3) is 0.250. The Hall–Kier alpha value is -0.820. The summed E-state index contributed by atoms with van der Waals surface area (Å²) < 4.78 is 0. The Morgan fingerprint density at radius 3 is 2.46 bits per heavy atom. The van der Waals surface area contributed by atoms with Crippen molar-refractivity contribution in [1.29, 1.82) is 0 Å². The maximum atomic E-state index is 3.20. The van der Waals surface area contributed by atoms with Crippen LogP contribution in [0.5, 0.6) is 0 Å². The molecular weight excluding hydrogens is 158 g/mol. The Labute approximate surface area is 81.2 Å². The van der Waals surface area contributed by atoms with Gasteiger partial charge in [-0.3, -0.25) is 0 Å². The van der Waals surface area contributed by atoms with E-state index < -0.39 is 0 Å². The zero-order valence-electron chi connectivity index (χ0n) is 8.20. The lowest BCUT2D eigenvalue weighted by molar-refractivity contribution is 0.669. The van der Waals surface area contributed by atoms with E-state index >= 15 is 0 Å². The second kappa shape index (κ2) is 5.76. The topological polar surface area (TPSA) is 12.0 Å². The van der Waals surface area contributed by atoms with Crippen LogP contribution in [-0.4, -0.2) is 6.04 Å². The molecular formula is C12H16N. The van der Waals surface area contributed by atoms with Crippen LogP contribution in [-0.2, 0) is 0 Å². The van der Waals surface area contributed by atoms with Gasteiger partial charge in [-0.1, -0.05) is 44.2 Å². The molecule has 3 radical (unpaired) electrons. The summed E-state index contributed by atoms with van der Waals surface area (Å²) in [6.07, 6.45) is 4.10. The molecule has 0 saturated heterocycles. The Bertz CT molecular complexity index is 216. The van der Waals surface area contributed by atoms with Gasteiger partial charge in [0, 0.05) is 12.6 Å². The van der Waals surface area contributed by atoms with E-state index in [0.29, 0.717) is 6.04 Å². The quantitative estimate of drug-likeness (QED) is 0.677. The summed E-state index contributed by atoms with van der Waals surface area (Å²) in [4.78, 5) is 0. The van der Waals surface area contributed by atoms with E-state index in [1.807, 2.05) is 31.2 Å². The molecule has 1 rings (SSSR count). The predicted molar refractivity (Wildman–Crippen MR) is 56.7 cm³/mol. The molecule has 0 aliphatic heterocycles. The second-order valence-electron chi connectivity index (χ2n) is 3.26. The molecule has 0 aromatic heterocycles. The largest absolute Gasteiger partial charge is 0.310 e. The highest BCUT2D eigenvalue weighted by Gasteiger charge is 1.94.